The van der Waals surface area contributed by atoms with Crippen LogP contribution in [0.5, 0.6) is 23.0 Å². The summed E-state index contributed by atoms with van der Waals surface area (Å²) in [5.74, 6) is 3.29. The van der Waals surface area contributed by atoms with E-state index in [1.807, 2.05) is 24.3 Å². The quantitative estimate of drug-likeness (QED) is 0.910. The minimum Gasteiger partial charge on any atom is -0.493 e. The molecule has 5 nitrogen and oxygen atoms in total. The molecular weight excluding hydrogens is 330 g/mol. The first kappa shape index (κ1) is 17.0. The van der Waals surface area contributed by atoms with E-state index in [0.29, 0.717) is 12.6 Å². The van der Waals surface area contributed by atoms with E-state index < -0.39 is 0 Å². The third-order valence-electron chi connectivity index (χ3n) is 5.50. The molecule has 0 fully saturated rings. The lowest BCUT2D eigenvalue weighted by Crippen LogP contribution is -3.14. The van der Waals surface area contributed by atoms with E-state index in [1.165, 1.54) is 16.0 Å². The van der Waals surface area contributed by atoms with Crippen LogP contribution in [-0.2, 0) is 6.42 Å². The first-order valence-electron chi connectivity index (χ1n) is 9.17. The molecule has 2 heterocycles. The van der Waals surface area contributed by atoms with Gasteiger partial charge < -0.3 is 23.8 Å². The number of hydrogen-bond acceptors (Lipinski definition) is 4. The van der Waals surface area contributed by atoms with Gasteiger partial charge in [0.1, 0.15) is 19.2 Å². The first-order valence-corrected chi connectivity index (χ1v) is 9.17. The third-order valence-corrected chi connectivity index (χ3v) is 5.50. The zero-order valence-corrected chi connectivity index (χ0v) is 15.6. The molecule has 1 unspecified atom stereocenters. The predicted molar refractivity (Wildman–Crippen MR) is 98.7 cm³/mol. The van der Waals surface area contributed by atoms with Crippen molar-refractivity contribution >= 4 is 0 Å². The van der Waals surface area contributed by atoms with Gasteiger partial charge in [0.2, 0.25) is 0 Å². The van der Waals surface area contributed by atoms with E-state index in [9.17, 15) is 0 Å². The molecule has 26 heavy (non-hydrogen) atoms. The Kier molecular flexibility index (Phi) is 4.64. The molecular formula is C21H26NO4+. The Hall–Kier alpha value is -2.40. The summed E-state index contributed by atoms with van der Waals surface area (Å²) in [7, 11) is 3.37. The molecule has 2 aromatic rings. The van der Waals surface area contributed by atoms with Crippen molar-refractivity contribution in [2.45, 2.75) is 25.5 Å². The van der Waals surface area contributed by atoms with Crippen LogP contribution >= 0.6 is 0 Å². The molecule has 0 amide bonds. The van der Waals surface area contributed by atoms with Crippen molar-refractivity contribution in [1.82, 2.24) is 0 Å². The maximum atomic E-state index is 6.16. The summed E-state index contributed by atoms with van der Waals surface area (Å²) in [6.45, 7) is 4.87. The Balaban J connectivity index is 1.50. The first-order chi connectivity index (χ1) is 12.7. The molecule has 3 atom stereocenters. The smallest absolute Gasteiger partial charge is 0.181 e. The topological polar surface area (TPSA) is 41.4 Å². The van der Waals surface area contributed by atoms with Crippen LogP contribution in [0.1, 0.15) is 24.1 Å². The normalized spacial score (nSPS) is 23.9. The minimum absolute atomic E-state index is 0.0732. The SMILES string of the molecule is COc1cc2c(cc1OC)[C@@H](C)[NH+](C[C@@H]1COc3ccccc3O1)CC2. The average Bonchev–Trinajstić information content (AvgIpc) is 2.69. The molecule has 0 saturated carbocycles. The minimum atomic E-state index is 0.0732. The summed E-state index contributed by atoms with van der Waals surface area (Å²) >= 11 is 0. The van der Waals surface area contributed by atoms with Gasteiger partial charge in [-0.25, -0.2) is 0 Å². The fraction of sp³-hybridized carbons (Fsp3) is 0.429. The van der Waals surface area contributed by atoms with Crippen LogP contribution in [0, 0.1) is 0 Å². The summed E-state index contributed by atoms with van der Waals surface area (Å²) in [6.07, 6.45) is 1.10. The fourth-order valence-electron chi connectivity index (χ4n) is 4.02. The average molecular weight is 356 g/mol. The van der Waals surface area contributed by atoms with Gasteiger partial charge in [-0.15, -0.1) is 0 Å². The van der Waals surface area contributed by atoms with Crippen molar-refractivity contribution < 1.29 is 23.8 Å². The number of nitrogens with one attached hydrogen (secondary N) is 1. The van der Waals surface area contributed by atoms with Gasteiger partial charge in [-0.2, -0.15) is 0 Å². The zero-order chi connectivity index (χ0) is 18.1. The van der Waals surface area contributed by atoms with Gasteiger partial charge in [-0.3, -0.25) is 0 Å². The second-order valence-corrected chi connectivity index (χ2v) is 6.99. The maximum Gasteiger partial charge on any atom is 0.181 e. The fourth-order valence-corrected chi connectivity index (χ4v) is 4.02. The van der Waals surface area contributed by atoms with Gasteiger partial charge in [0.15, 0.2) is 29.1 Å². The third kappa shape index (κ3) is 3.07. The number of quaternary nitrogens is 1. The molecule has 5 heteroatoms. The Morgan fingerprint density at radius 2 is 1.81 bits per heavy atom. The highest BCUT2D eigenvalue weighted by molar-refractivity contribution is 5.48. The van der Waals surface area contributed by atoms with E-state index in [0.717, 1.165) is 42.5 Å². The van der Waals surface area contributed by atoms with E-state index in [4.69, 9.17) is 18.9 Å². The monoisotopic (exact) mass is 356 g/mol. The Morgan fingerprint density at radius 1 is 1.08 bits per heavy atom. The highest BCUT2D eigenvalue weighted by atomic mass is 16.6. The van der Waals surface area contributed by atoms with Crippen molar-refractivity contribution in [3.8, 4) is 23.0 Å². The number of rotatable bonds is 4. The van der Waals surface area contributed by atoms with Crippen molar-refractivity contribution in [3.63, 3.8) is 0 Å². The number of ether oxygens (including phenoxy) is 4. The van der Waals surface area contributed by atoms with Gasteiger partial charge >= 0.3 is 0 Å². The standard InChI is InChI=1S/C21H25NO4/c1-14-17-11-21(24-3)20(23-2)10-15(17)8-9-22(14)12-16-13-25-18-6-4-5-7-19(18)26-16/h4-7,10-11,14,16H,8-9,12-13H2,1-3H3/p+1/t14-,16-/m1/s1. The van der Waals surface area contributed by atoms with Gasteiger partial charge in [-0.05, 0) is 36.8 Å². The highest BCUT2D eigenvalue weighted by Gasteiger charge is 2.33. The summed E-state index contributed by atoms with van der Waals surface area (Å²) < 4.78 is 23.0. The number of benzene rings is 2. The Labute approximate surface area is 154 Å². The molecule has 0 bridgehead atoms. The van der Waals surface area contributed by atoms with Crippen LogP contribution in [0.4, 0.5) is 0 Å². The van der Waals surface area contributed by atoms with E-state index >= 15 is 0 Å². The molecule has 0 radical (unpaired) electrons. The van der Waals surface area contributed by atoms with Crippen molar-refractivity contribution in [3.05, 3.63) is 47.5 Å². The van der Waals surface area contributed by atoms with Crippen LogP contribution in [0.3, 0.4) is 0 Å². The largest absolute Gasteiger partial charge is 0.493 e. The van der Waals surface area contributed by atoms with Crippen LogP contribution in [-0.4, -0.2) is 40.0 Å². The lowest BCUT2D eigenvalue weighted by molar-refractivity contribution is -0.934. The molecule has 4 rings (SSSR count). The van der Waals surface area contributed by atoms with E-state index in [1.54, 1.807) is 14.2 Å². The highest BCUT2D eigenvalue weighted by Crippen LogP contribution is 2.34. The zero-order valence-electron chi connectivity index (χ0n) is 15.6. The second-order valence-electron chi connectivity index (χ2n) is 6.99. The van der Waals surface area contributed by atoms with Crippen molar-refractivity contribution in [1.29, 1.82) is 0 Å². The molecule has 1 N–H and O–H groups in total. The van der Waals surface area contributed by atoms with Gasteiger partial charge in [0.05, 0.1) is 20.8 Å². The lowest BCUT2D eigenvalue weighted by Gasteiger charge is -2.36. The van der Waals surface area contributed by atoms with Crippen LogP contribution in [0.25, 0.3) is 0 Å². The summed E-state index contributed by atoms with van der Waals surface area (Å²) in [5, 5.41) is 0. The maximum absolute atomic E-state index is 6.16. The predicted octanol–water partition coefficient (Wildman–Crippen LogP) is 2.05. The van der Waals surface area contributed by atoms with Crippen LogP contribution < -0.4 is 23.8 Å². The number of hydrogen-bond donors (Lipinski definition) is 1. The van der Waals surface area contributed by atoms with Crippen molar-refractivity contribution in [2.75, 3.05) is 33.9 Å². The molecule has 2 aromatic carbocycles. The number of fused-ring (bicyclic) bond motifs is 2. The summed E-state index contributed by atoms with van der Waals surface area (Å²) in [4.78, 5) is 1.51. The van der Waals surface area contributed by atoms with E-state index in [-0.39, 0.29) is 6.10 Å². The molecule has 0 aliphatic carbocycles. The van der Waals surface area contributed by atoms with Gasteiger partial charge in [-0.1, -0.05) is 12.1 Å². The van der Waals surface area contributed by atoms with E-state index in [2.05, 4.69) is 19.1 Å². The molecule has 0 saturated heterocycles. The lowest BCUT2D eigenvalue weighted by atomic mass is 9.92. The van der Waals surface area contributed by atoms with Crippen molar-refractivity contribution in [2.24, 2.45) is 0 Å². The number of para-hydroxylation sites is 2. The van der Waals surface area contributed by atoms with Gasteiger partial charge in [0.25, 0.3) is 0 Å². The molecule has 2 aliphatic rings. The Bertz CT molecular complexity index is 792. The molecule has 0 spiro atoms. The van der Waals surface area contributed by atoms with Gasteiger partial charge in [0, 0.05) is 12.0 Å². The molecule has 0 aromatic heterocycles. The summed E-state index contributed by atoms with van der Waals surface area (Å²) in [6, 6.07) is 12.5. The van der Waals surface area contributed by atoms with Crippen LogP contribution in [0.15, 0.2) is 36.4 Å². The number of methoxy groups -OCH3 is 2. The Morgan fingerprint density at radius 3 is 2.58 bits per heavy atom. The molecule has 2 aliphatic heterocycles. The molecule has 138 valence electrons. The second kappa shape index (κ2) is 7.08. The summed E-state index contributed by atoms with van der Waals surface area (Å²) in [5.41, 5.74) is 2.69. The van der Waals surface area contributed by atoms with Crippen LogP contribution in [0.2, 0.25) is 0 Å².